The summed E-state index contributed by atoms with van der Waals surface area (Å²) in [6.45, 7) is 4.35. The molecule has 2 atom stereocenters. The topological polar surface area (TPSA) is 15.3 Å². The van der Waals surface area contributed by atoms with Crippen molar-refractivity contribution in [3.8, 4) is 0 Å². The van der Waals surface area contributed by atoms with Gasteiger partial charge in [0.1, 0.15) is 0 Å². The molecule has 1 aliphatic heterocycles. The highest BCUT2D eigenvalue weighted by Gasteiger charge is 2.25. The molecule has 0 bridgehead atoms. The molecule has 4 heteroatoms. The fourth-order valence-electron chi connectivity index (χ4n) is 2.53. The van der Waals surface area contributed by atoms with Crippen LogP contribution in [0.4, 0.5) is 5.69 Å². The minimum Gasteiger partial charge on any atom is -0.370 e. The molecule has 0 aromatic heterocycles. The first kappa shape index (κ1) is 13.0. The Kier molecular flexibility index (Phi) is 4.18. The van der Waals surface area contributed by atoms with Crippen molar-refractivity contribution in [1.82, 2.24) is 5.32 Å². The second-order valence-electron chi connectivity index (χ2n) is 4.70. The zero-order chi connectivity index (χ0) is 12.4. The highest BCUT2D eigenvalue weighted by Crippen LogP contribution is 2.31. The third-order valence-electron chi connectivity index (χ3n) is 3.53. The Hall–Kier alpha value is -0.440. The van der Waals surface area contributed by atoms with Gasteiger partial charge in [0, 0.05) is 24.2 Å². The average molecular weight is 273 g/mol. The van der Waals surface area contributed by atoms with Crippen molar-refractivity contribution >= 4 is 28.9 Å². The summed E-state index contributed by atoms with van der Waals surface area (Å²) in [7, 11) is 2.03. The Balaban J connectivity index is 2.14. The van der Waals surface area contributed by atoms with Gasteiger partial charge in [-0.15, -0.1) is 0 Å². The highest BCUT2D eigenvalue weighted by atomic mass is 35.5. The monoisotopic (exact) mass is 272 g/mol. The van der Waals surface area contributed by atoms with Crippen LogP contribution in [0.5, 0.6) is 0 Å². The Morgan fingerprint density at radius 2 is 2.12 bits per heavy atom. The molecule has 1 aromatic carbocycles. The van der Waals surface area contributed by atoms with Gasteiger partial charge in [-0.1, -0.05) is 30.1 Å². The van der Waals surface area contributed by atoms with Gasteiger partial charge in [-0.25, -0.2) is 0 Å². The second kappa shape index (κ2) is 5.47. The SMILES string of the molecule is CNC1CCN(c2ccc(Cl)cc2Cl)CC1C. The summed E-state index contributed by atoms with van der Waals surface area (Å²) in [5, 5.41) is 4.80. The van der Waals surface area contributed by atoms with Crippen LogP contribution >= 0.6 is 23.2 Å². The van der Waals surface area contributed by atoms with Crippen LogP contribution in [0.2, 0.25) is 10.0 Å². The Labute approximate surface area is 113 Å². The van der Waals surface area contributed by atoms with Gasteiger partial charge >= 0.3 is 0 Å². The number of benzene rings is 1. The highest BCUT2D eigenvalue weighted by molar-refractivity contribution is 6.36. The lowest BCUT2D eigenvalue weighted by Crippen LogP contribution is -2.47. The summed E-state index contributed by atoms with van der Waals surface area (Å²) in [5.74, 6) is 0.625. The van der Waals surface area contributed by atoms with Gasteiger partial charge in [-0.3, -0.25) is 0 Å². The number of anilines is 1. The number of nitrogens with zero attached hydrogens (tertiary/aromatic N) is 1. The smallest absolute Gasteiger partial charge is 0.0654 e. The van der Waals surface area contributed by atoms with E-state index in [2.05, 4.69) is 17.1 Å². The van der Waals surface area contributed by atoms with E-state index in [1.165, 1.54) is 0 Å². The van der Waals surface area contributed by atoms with E-state index in [0.717, 1.165) is 30.2 Å². The first-order chi connectivity index (χ1) is 8.11. The van der Waals surface area contributed by atoms with E-state index in [1.807, 2.05) is 25.2 Å². The Bertz CT molecular complexity index is 395. The number of rotatable bonds is 2. The summed E-state index contributed by atoms with van der Waals surface area (Å²) in [4.78, 5) is 2.34. The predicted octanol–water partition coefficient (Wildman–Crippen LogP) is 3.43. The van der Waals surface area contributed by atoms with Crippen molar-refractivity contribution in [3.63, 3.8) is 0 Å². The van der Waals surface area contributed by atoms with Crippen LogP contribution in [0.3, 0.4) is 0 Å². The fraction of sp³-hybridized carbons (Fsp3) is 0.538. The van der Waals surface area contributed by atoms with Gasteiger partial charge in [0.25, 0.3) is 0 Å². The number of piperidine rings is 1. The molecule has 0 radical (unpaired) electrons. The van der Waals surface area contributed by atoms with Crippen molar-refractivity contribution < 1.29 is 0 Å². The lowest BCUT2D eigenvalue weighted by Gasteiger charge is -2.38. The summed E-state index contributed by atoms with van der Waals surface area (Å²) in [6.07, 6.45) is 1.15. The Morgan fingerprint density at radius 3 is 2.71 bits per heavy atom. The molecule has 1 saturated heterocycles. The third-order valence-corrected chi connectivity index (χ3v) is 4.06. The normalized spacial score (nSPS) is 25.1. The molecular formula is C13H18Cl2N2. The molecule has 1 aromatic rings. The first-order valence-electron chi connectivity index (χ1n) is 5.99. The van der Waals surface area contributed by atoms with Crippen molar-refractivity contribution in [1.29, 1.82) is 0 Å². The van der Waals surface area contributed by atoms with Gasteiger partial charge < -0.3 is 10.2 Å². The summed E-state index contributed by atoms with van der Waals surface area (Å²) < 4.78 is 0. The van der Waals surface area contributed by atoms with Gasteiger partial charge in [0.15, 0.2) is 0 Å². The van der Waals surface area contributed by atoms with E-state index in [0.29, 0.717) is 17.0 Å². The first-order valence-corrected chi connectivity index (χ1v) is 6.74. The van der Waals surface area contributed by atoms with Crippen molar-refractivity contribution in [3.05, 3.63) is 28.2 Å². The van der Waals surface area contributed by atoms with Crippen LogP contribution < -0.4 is 10.2 Å². The largest absolute Gasteiger partial charge is 0.370 e. The zero-order valence-electron chi connectivity index (χ0n) is 10.2. The van der Waals surface area contributed by atoms with Crippen LogP contribution in [0.15, 0.2) is 18.2 Å². The third kappa shape index (κ3) is 2.87. The number of halogens is 2. The number of nitrogens with one attached hydrogen (secondary N) is 1. The van der Waals surface area contributed by atoms with E-state index in [1.54, 1.807) is 0 Å². The summed E-state index contributed by atoms with van der Waals surface area (Å²) >= 11 is 12.2. The fourth-order valence-corrected chi connectivity index (χ4v) is 3.06. The minimum absolute atomic E-state index is 0.609. The number of hydrogen-bond acceptors (Lipinski definition) is 2. The maximum Gasteiger partial charge on any atom is 0.0654 e. The molecule has 0 spiro atoms. The molecule has 94 valence electrons. The lowest BCUT2D eigenvalue weighted by atomic mass is 9.93. The maximum absolute atomic E-state index is 6.24. The maximum atomic E-state index is 6.24. The quantitative estimate of drug-likeness (QED) is 0.888. The van der Waals surface area contributed by atoms with E-state index in [-0.39, 0.29) is 0 Å². The van der Waals surface area contributed by atoms with E-state index < -0.39 is 0 Å². The van der Waals surface area contributed by atoms with Crippen molar-refractivity contribution in [2.75, 3.05) is 25.0 Å². The molecule has 2 rings (SSSR count). The molecule has 0 saturated carbocycles. The molecule has 1 N–H and O–H groups in total. The van der Waals surface area contributed by atoms with Crippen LogP contribution in [0, 0.1) is 5.92 Å². The Morgan fingerprint density at radius 1 is 1.35 bits per heavy atom. The van der Waals surface area contributed by atoms with Crippen molar-refractivity contribution in [2.45, 2.75) is 19.4 Å². The predicted molar refractivity (Wildman–Crippen MR) is 75.3 cm³/mol. The molecule has 2 nitrogen and oxygen atoms in total. The lowest BCUT2D eigenvalue weighted by molar-refractivity contribution is 0.339. The van der Waals surface area contributed by atoms with Crippen LogP contribution in [-0.4, -0.2) is 26.2 Å². The molecule has 2 unspecified atom stereocenters. The van der Waals surface area contributed by atoms with Gasteiger partial charge in [-0.2, -0.15) is 0 Å². The van der Waals surface area contributed by atoms with Crippen molar-refractivity contribution in [2.24, 2.45) is 5.92 Å². The van der Waals surface area contributed by atoms with E-state index >= 15 is 0 Å². The molecule has 0 aliphatic carbocycles. The van der Waals surface area contributed by atoms with Crippen LogP contribution in [0.25, 0.3) is 0 Å². The summed E-state index contributed by atoms with van der Waals surface area (Å²) in [5.41, 5.74) is 1.09. The molecule has 1 aliphatic rings. The molecule has 1 fully saturated rings. The molecule has 1 heterocycles. The second-order valence-corrected chi connectivity index (χ2v) is 5.55. The zero-order valence-corrected chi connectivity index (χ0v) is 11.7. The van der Waals surface area contributed by atoms with Crippen LogP contribution in [-0.2, 0) is 0 Å². The standard InChI is InChI=1S/C13H18Cl2N2/c1-9-8-17(6-5-12(9)16-2)13-4-3-10(14)7-11(13)15/h3-4,7,9,12,16H,5-6,8H2,1-2H3. The van der Waals surface area contributed by atoms with Gasteiger partial charge in [0.05, 0.1) is 10.7 Å². The minimum atomic E-state index is 0.609. The van der Waals surface area contributed by atoms with E-state index in [9.17, 15) is 0 Å². The van der Waals surface area contributed by atoms with Gasteiger partial charge in [0.2, 0.25) is 0 Å². The average Bonchev–Trinajstić information content (AvgIpc) is 2.29. The number of hydrogen-bond donors (Lipinski definition) is 1. The summed E-state index contributed by atoms with van der Waals surface area (Å²) in [6, 6.07) is 6.33. The molecule has 17 heavy (non-hydrogen) atoms. The van der Waals surface area contributed by atoms with Gasteiger partial charge in [-0.05, 0) is 37.6 Å². The van der Waals surface area contributed by atoms with E-state index in [4.69, 9.17) is 23.2 Å². The molecular weight excluding hydrogens is 255 g/mol. The van der Waals surface area contributed by atoms with Crippen LogP contribution in [0.1, 0.15) is 13.3 Å². The molecule has 0 amide bonds.